The number of rotatable bonds is 4. The summed E-state index contributed by atoms with van der Waals surface area (Å²) >= 11 is 0. The zero-order chi connectivity index (χ0) is 11.4. The molecular formula is C13H17N3. The summed E-state index contributed by atoms with van der Waals surface area (Å²) < 4.78 is 1.97. The van der Waals surface area contributed by atoms with E-state index in [0.29, 0.717) is 0 Å². The fourth-order valence-corrected chi connectivity index (χ4v) is 1.78. The molecule has 0 fully saturated rings. The maximum atomic E-state index is 4.38. The molecule has 0 amide bonds. The predicted octanol–water partition coefficient (Wildman–Crippen LogP) is 1.96. The Bertz CT molecular complexity index is 460. The molecule has 0 bridgehead atoms. The van der Waals surface area contributed by atoms with Crippen molar-refractivity contribution in [1.82, 2.24) is 15.1 Å². The Morgan fingerprint density at radius 3 is 2.75 bits per heavy atom. The summed E-state index contributed by atoms with van der Waals surface area (Å²) in [5.74, 6) is 0. The van der Waals surface area contributed by atoms with Gasteiger partial charge in [-0.15, -0.1) is 0 Å². The summed E-state index contributed by atoms with van der Waals surface area (Å²) in [5, 5.41) is 7.54. The van der Waals surface area contributed by atoms with Crippen LogP contribution in [0.25, 0.3) is 0 Å². The molecule has 1 aromatic carbocycles. The van der Waals surface area contributed by atoms with Gasteiger partial charge in [0.25, 0.3) is 0 Å². The summed E-state index contributed by atoms with van der Waals surface area (Å²) in [4.78, 5) is 0. The fourth-order valence-electron chi connectivity index (χ4n) is 1.78. The van der Waals surface area contributed by atoms with Crippen LogP contribution >= 0.6 is 0 Å². The SMILES string of the molecule is CNCc1cccc(Cn2ccc(C)n2)c1. The molecule has 0 aliphatic heterocycles. The van der Waals surface area contributed by atoms with Crippen molar-refractivity contribution in [3.05, 3.63) is 53.3 Å². The second kappa shape index (κ2) is 4.94. The highest BCUT2D eigenvalue weighted by Gasteiger charge is 1.98. The van der Waals surface area contributed by atoms with Crippen molar-refractivity contribution in [1.29, 1.82) is 0 Å². The molecule has 0 aliphatic rings. The number of aromatic nitrogens is 2. The molecule has 0 radical (unpaired) electrons. The first kappa shape index (κ1) is 10.9. The second-order valence-electron chi connectivity index (χ2n) is 4.00. The van der Waals surface area contributed by atoms with Crippen molar-refractivity contribution < 1.29 is 0 Å². The molecule has 0 aliphatic carbocycles. The first-order valence-corrected chi connectivity index (χ1v) is 5.50. The second-order valence-corrected chi connectivity index (χ2v) is 4.00. The third kappa shape index (κ3) is 2.70. The van der Waals surface area contributed by atoms with E-state index >= 15 is 0 Å². The molecule has 0 atom stereocenters. The van der Waals surface area contributed by atoms with Gasteiger partial charge in [-0.3, -0.25) is 4.68 Å². The van der Waals surface area contributed by atoms with Crippen LogP contribution in [0.2, 0.25) is 0 Å². The lowest BCUT2D eigenvalue weighted by Crippen LogP contribution is -2.06. The van der Waals surface area contributed by atoms with Gasteiger partial charge in [-0.25, -0.2) is 0 Å². The number of hydrogen-bond acceptors (Lipinski definition) is 2. The lowest BCUT2D eigenvalue weighted by molar-refractivity contribution is 0.678. The minimum atomic E-state index is 0.839. The smallest absolute Gasteiger partial charge is 0.0659 e. The van der Waals surface area contributed by atoms with Crippen LogP contribution in [-0.4, -0.2) is 16.8 Å². The van der Waals surface area contributed by atoms with Crippen LogP contribution in [0, 0.1) is 6.92 Å². The summed E-state index contributed by atoms with van der Waals surface area (Å²) in [6.45, 7) is 3.76. The number of hydrogen-bond donors (Lipinski definition) is 1. The first-order valence-electron chi connectivity index (χ1n) is 5.50. The van der Waals surface area contributed by atoms with Gasteiger partial charge in [0.15, 0.2) is 0 Å². The molecule has 2 rings (SSSR count). The average molecular weight is 215 g/mol. The number of aryl methyl sites for hydroxylation is 1. The molecule has 0 saturated carbocycles. The number of benzene rings is 1. The van der Waals surface area contributed by atoms with Crippen molar-refractivity contribution in [3.8, 4) is 0 Å². The molecule has 84 valence electrons. The van der Waals surface area contributed by atoms with Crippen molar-refractivity contribution in [2.75, 3.05) is 7.05 Å². The van der Waals surface area contributed by atoms with Gasteiger partial charge in [0.1, 0.15) is 0 Å². The fraction of sp³-hybridized carbons (Fsp3) is 0.308. The van der Waals surface area contributed by atoms with E-state index in [0.717, 1.165) is 18.8 Å². The molecule has 1 aromatic heterocycles. The van der Waals surface area contributed by atoms with Gasteiger partial charge >= 0.3 is 0 Å². The molecule has 2 aromatic rings. The van der Waals surface area contributed by atoms with E-state index in [2.05, 4.69) is 34.7 Å². The maximum absolute atomic E-state index is 4.38. The van der Waals surface area contributed by atoms with Crippen molar-refractivity contribution in [3.63, 3.8) is 0 Å². The van der Waals surface area contributed by atoms with E-state index < -0.39 is 0 Å². The third-order valence-corrected chi connectivity index (χ3v) is 2.49. The molecule has 3 heteroatoms. The van der Waals surface area contributed by atoms with E-state index in [9.17, 15) is 0 Å². The van der Waals surface area contributed by atoms with Crippen LogP contribution in [-0.2, 0) is 13.1 Å². The molecule has 1 N–H and O–H groups in total. The van der Waals surface area contributed by atoms with Gasteiger partial charge in [-0.1, -0.05) is 24.3 Å². The Labute approximate surface area is 96.1 Å². The Balaban J connectivity index is 2.12. The summed E-state index contributed by atoms with van der Waals surface area (Å²) in [5.41, 5.74) is 3.66. The first-order chi connectivity index (χ1) is 7.78. The molecule has 0 unspecified atom stereocenters. The molecular weight excluding hydrogens is 198 g/mol. The molecule has 0 spiro atoms. The van der Waals surface area contributed by atoms with Gasteiger partial charge in [-0.2, -0.15) is 5.10 Å². The zero-order valence-corrected chi connectivity index (χ0v) is 9.77. The maximum Gasteiger partial charge on any atom is 0.0659 e. The van der Waals surface area contributed by atoms with Crippen LogP contribution in [0.15, 0.2) is 36.5 Å². The highest BCUT2D eigenvalue weighted by atomic mass is 15.3. The van der Waals surface area contributed by atoms with Crippen LogP contribution in [0.4, 0.5) is 0 Å². The summed E-state index contributed by atoms with van der Waals surface area (Å²) in [6.07, 6.45) is 2.01. The van der Waals surface area contributed by atoms with E-state index in [1.807, 2.05) is 30.9 Å². The summed E-state index contributed by atoms with van der Waals surface area (Å²) in [6, 6.07) is 10.6. The van der Waals surface area contributed by atoms with Crippen LogP contribution in [0.3, 0.4) is 0 Å². The minimum Gasteiger partial charge on any atom is -0.316 e. The quantitative estimate of drug-likeness (QED) is 0.845. The highest BCUT2D eigenvalue weighted by Crippen LogP contribution is 2.07. The van der Waals surface area contributed by atoms with Gasteiger partial charge in [0.05, 0.1) is 12.2 Å². The zero-order valence-electron chi connectivity index (χ0n) is 9.77. The Kier molecular flexibility index (Phi) is 3.37. The predicted molar refractivity (Wildman–Crippen MR) is 65.3 cm³/mol. The topological polar surface area (TPSA) is 29.9 Å². The molecule has 16 heavy (non-hydrogen) atoms. The van der Waals surface area contributed by atoms with Crippen molar-refractivity contribution >= 4 is 0 Å². The van der Waals surface area contributed by atoms with Crippen LogP contribution in [0.5, 0.6) is 0 Å². The van der Waals surface area contributed by atoms with E-state index in [1.54, 1.807) is 0 Å². The number of nitrogens with one attached hydrogen (secondary N) is 1. The van der Waals surface area contributed by atoms with Crippen LogP contribution in [0.1, 0.15) is 16.8 Å². The van der Waals surface area contributed by atoms with E-state index in [1.165, 1.54) is 11.1 Å². The largest absolute Gasteiger partial charge is 0.316 e. The lowest BCUT2D eigenvalue weighted by atomic mass is 10.1. The minimum absolute atomic E-state index is 0.839. The Hall–Kier alpha value is -1.61. The molecule has 1 heterocycles. The van der Waals surface area contributed by atoms with Gasteiger partial charge in [0.2, 0.25) is 0 Å². The summed E-state index contributed by atoms with van der Waals surface area (Å²) in [7, 11) is 1.96. The Morgan fingerprint density at radius 1 is 1.25 bits per heavy atom. The normalized spacial score (nSPS) is 10.6. The van der Waals surface area contributed by atoms with E-state index in [4.69, 9.17) is 0 Å². The van der Waals surface area contributed by atoms with Crippen molar-refractivity contribution in [2.45, 2.75) is 20.0 Å². The third-order valence-electron chi connectivity index (χ3n) is 2.49. The van der Waals surface area contributed by atoms with Crippen LogP contribution < -0.4 is 5.32 Å². The lowest BCUT2D eigenvalue weighted by Gasteiger charge is -2.05. The molecule has 0 saturated heterocycles. The Morgan fingerprint density at radius 2 is 2.06 bits per heavy atom. The number of nitrogens with zero attached hydrogens (tertiary/aromatic N) is 2. The van der Waals surface area contributed by atoms with Gasteiger partial charge < -0.3 is 5.32 Å². The monoisotopic (exact) mass is 215 g/mol. The van der Waals surface area contributed by atoms with Gasteiger partial charge in [0, 0.05) is 12.7 Å². The molecule has 3 nitrogen and oxygen atoms in total. The van der Waals surface area contributed by atoms with E-state index in [-0.39, 0.29) is 0 Å². The van der Waals surface area contributed by atoms with Gasteiger partial charge in [-0.05, 0) is 31.2 Å². The standard InChI is InChI=1S/C13H17N3/c1-11-6-7-16(15-11)10-13-5-3-4-12(8-13)9-14-2/h3-8,14H,9-10H2,1-2H3. The highest BCUT2D eigenvalue weighted by molar-refractivity contribution is 5.23. The average Bonchev–Trinajstić information content (AvgIpc) is 2.65. The van der Waals surface area contributed by atoms with Crippen molar-refractivity contribution in [2.24, 2.45) is 0 Å².